The molecule has 0 fully saturated rings. The van der Waals surface area contributed by atoms with Gasteiger partial charge in [-0.25, -0.2) is 0 Å². The summed E-state index contributed by atoms with van der Waals surface area (Å²) in [6.45, 7) is -0.895. The number of Topliss-reactive ketones (excluding diaryl/α,β-unsaturated/α-hetero) is 1. The number of aliphatic hydroxyl groups is 5. The lowest BCUT2D eigenvalue weighted by molar-refractivity contribution is -0.150. The van der Waals surface area contributed by atoms with Crippen LogP contribution in [0.4, 0.5) is 0 Å². The van der Waals surface area contributed by atoms with Crippen molar-refractivity contribution in [2.45, 2.75) is 24.4 Å². The number of aldehydes is 1. The van der Waals surface area contributed by atoms with Gasteiger partial charge < -0.3 is 25.5 Å². The van der Waals surface area contributed by atoms with Crippen molar-refractivity contribution < 1.29 is 36.5 Å². The van der Waals surface area contributed by atoms with E-state index in [1.807, 2.05) is 0 Å². The average Bonchev–Trinajstić information content (AvgIpc) is 2.23. The van der Waals surface area contributed by atoms with E-state index in [-0.39, 0.29) is 0 Å². The van der Waals surface area contributed by atoms with Gasteiger partial charge in [0.05, 0.1) is 6.61 Å². The summed E-state index contributed by atoms with van der Waals surface area (Å²) in [6.07, 6.45) is -9.93. The first-order valence-electron chi connectivity index (χ1n) is 4.20. The number of carbonyl (C=O) groups is 2. The summed E-state index contributed by atoms with van der Waals surface area (Å²) in [4.78, 5) is 20.9. The minimum atomic E-state index is -2.30. The van der Waals surface area contributed by atoms with Crippen molar-refractivity contribution in [3.8, 4) is 0 Å². The maximum absolute atomic E-state index is 10.7. The van der Waals surface area contributed by atoms with Crippen molar-refractivity contribution in [2.75, 3.05) is 6.61 Å². The Morgan fingerprint density at radius 2 is 1.79 bits per heavy atom. The third-order valence-electron chi connectivity index (χ3n) is 1.62. The van der Waals surface area contributed by atoms with Crippen molar-refractivity contribution in [1.82, 2.24) is 0 Å². The van der Waals surface area contributed by atoms with E-state index in [2.05, 4.69) is 0 Å². The molecular weight excluding hydrogens is 196 g/mol. The molecule has 0 bridgehead atoms. The lowest BCUT2D eigenvalue weighted by Crippen LogP contribution is -2.48. The highest BCUT2D eigenvalue weighted by molar-refractivity contribution is 6.27. The minimum absolute atomic E-state index is 0.895. The third kappa shape index (κ3) is 3.13. The second-order valence-corrected chi connectivity index (χ2v) is 2.64. The van der Waals surface area contributed by atoms with Crippen molar-refractivity contribution in [3.63, 3.8) is 0 Å². The van der Waals surface area contributed by atoms with E-state index in [1.54, 1.807) is 0 Å². The molecule has 7 nitrogen and oxygen atoms in total. The molecule has 0 saturated carbocycles. The van der Waals surface area contributed by atoms with E-state index in [0.717, 1.165) is 0 Å². The van der Waals surface area contributed by atoms with Gasteiger partial charge in [-0.1, -0.05) is 0 Å². The number of ketones is 1. The summed E-state index contributed by atoms with van der Waals surface area (Å²) >= 11 is 0. The van der Waals surface area contributed by atoms with Gasteiger partial charge in [-0.2, -0.15) is 0 Å². The van der Waals surface area contributed by atoms with E-state index in [0.29, 0.717) is 0 Å². The fourth-order valence-corrected chi connectivity index (χ4v) is 0.738. The molecule has 0 amide bonds. The van der Waals surface area contributed by atoms with Crippen LogP contribution in [0.5, 0.6) is 0 Å². The largest absolute Gasteiger partial charge is 0.394 e. The summed E-state index contributed by atoms with van der Waals surface area (Å²) in [5.41, 5.74) is 0. The third-order valence-corrected chi connectivity index (χ3v) is 1.62. The van der Waals surface area contributed by atoms with Crippen LogP contribution in [0.1, 0.15) is 1.37 Å². The van der Waals surface area contributed by atoms with Gasteiger partial charge in [-0.3, -0.25) is 9.59 Å². The van der Waals surface area contributed by atoms with Gasteiger partial charge >= 0.3 is 0 Å². The van der Waals surface area contributed by atoms with E-state index >= 15 is 0 Å². The summed E-state index contributed by atoms with van der Waals surface area (Å²) in [7, 11) is 0. The Kier molecular flexibility index (Phi) is 4.63. The molecule has 14 heavy (non-hydrogen) atoms. The SMILES string of the molecule is [2H]C(=O)C(=O)[C@H](O)[C@@H](O)[C@H](O)[C@H](O)CO. The maximum Gasteiger partial charge on any atom is 0.226 e. The van der Waals surface area contributed by atoms with Crippen LogP contribution in [-0.4, -0.2) is 68.6 Å². The van der Waals surface area contributed by atoms with Crippen LogP contribution < -0.4 is 0 Å². The molecule has 0 saturated heterocycles. The van der Waals surface area contributed by atoms with E-state index in [1.165, 1.54) is 0 Å². The molecule has 7 heteroatoms. The second-order valence-electron chi connectivity index (χ2n) is 2.64. The highest BCUT2D eigenvalue weighted by Gasteiger charge is 2.33. The van der Waals surface area contributed by atoms with Crippen LogP contribution in [0.2, 0.25) is 0 Å². The van der Waals surface area contributed by atoms with Gasteiger partial charge in [0.15, 0.2) is 6.26 Å². The predicted octanol–water partition coefficient (Wildman–Crippen LogP) is -3.81. The number of hydrogen-bond acceptors (Lipinski definition) is 7. The van der Waals surface area contributed by atoms with E-state index < -0.39 is 43.1 Å². The fourth-order valence-electron chi connectivity index (χ4n) is 0.738. The molecule has 0 spiro atoms. The number of aliphatic hydroxyl groups excluding tert-OH is 5. The zero-order chi connectivity index (χ0) is 12.2. The monoisotopic (exact) mass is 209 g/mol. The standard InChI is InChI=1S/C7H12O7/c8-1-3(10)5(12)7(14)6(13)4(11)2-9/h1,4-7,9,11-14H,2H2/t4-,5+,6-,7-/m1/s1/i1D. The normalized spacial score (nSPS) is 20.5. The lowest BCUT2D eigenvalue weighted by Gasteiger charge is -2.23. The van der Waals surface area contributed by atoms with Crippen LogP contribution in [0, 0.1) is 0 Å². The zero-order valence-electron chi connectivity index (χ0n) is 8.07. The molecule has 0 aliphatic rings. The highest BCUT2D eigenvalue weighted by atomic mass is 16.4. The molecule has 0 unspecified atom stereocenters. The van der Waals surface area contributed by atoms with E-state index in [9.17, 15) is 9.59 Å². The van der Waals surface area contributed by atoms with Gasteiger partial charge in [-0.15, -0.1) is 0 Å². The molecular formula is C7H12O7. The summed E-state index contributed by atoms with van der Waals surface area (Å²) < 4.78 is 6.35. The first-order chi connectivity index (χ1) is 6.82. The Bertz CT molecular complexity index is 243. The van der Waals surface area contributed by atoms with Crippen LogP contribution in [0.3, 0.4) is 0 Å². The number of rotatable bonds is 6. The smallest absolute Gasteiger partial charge is 0.226 e. The summed E-state index contributed by atoms with van der Waals surface area (Å²) in [5, 5.41) is 44.3. The average molecular weight is 209 g/mol. The molecule has 0 aromatic carbocycles. The molecule has 0 aliphatic heterocycles. The van der Waals surface area contributed by atoms with Crippen molar-refractivity contribution in [1.29, 1.82) is 0 Å². The van der Waals surface area contributed by atoms with Crippen molar-refractivity contribution in [3.05, 3.63) is 0 Å². The Labute approximate surface area is 80.6 Å². The second kappa shape index (κ2) is 5.78. The Hall–Kier alpha value is -0.860. The van der Waals surface area contributed by atoms with Crippen LogP contribution in [0.15, 0.2) is 0 Å². The Morgan fingerprint density at radius 1 is 1.29 bits per heavy atom. The van der Waals surface area contributed by atoms with Crippen LogP contribution in [0.25, 0.3) is 0 Å². The van der Waals surface area contributed by atoms with Gasteiger partial charge in [-0.05, 0) is 0 Å². The molecule has 5 N–H and O–H groups in total. The predicted molar refractivity (Wildman–Crippen MR) is 42.2 cm³/mol. The van der Waals surface area contributed by atoms with Gasteiger partial charge in [0.25, 0.3) is 0 Å². The highest BCUT2D eigenvalue weighted by Crippen LogP contribution is 2.05. The van der Waals surface area contributed by atoms with Crippen LogP contribution in [-0.2, 0) is 9.59 Å². The topological polar surface area (TPSA) is 135 Å². The van der Waals surface area contributed by atoms with Crippen LogP contribution >= 0.6 is 0 Å². The van der Waals surface area contributed by atoms with Gasteiger partial charge in [0, 0.05) is 0 Å². The van der Waals surface area contributed by atoms with E-state index in [4.69, 9.17) is 26.9 Å². The fraction of sp³-hybridized carbons (Fsp3) is 0.714. The molecule has 4 atom stereocenters. The van der Waals surface area contributed by atoms with Gasteiger partial charge in [0.1, 0.15) is 25.8 Å². The molecule has 0 aliphatic carbocycles. The van der Waals surface area contributed by atoms with Crippen molar-refractivity contribution >= 4 is 12.0 Å². The van der Waals surface area contributed by atoms with Crippen molar-refractivity contribution in [2.24, 2.45) is 0 Å². The molecule has 82 valence electrons. The zero-order valence-corrected chi connectivity index (χ0v) is 7.07. The maximum atomic E-state index is 10.7. The first kappa shape index (κ1) is 11.2. The van der Waals surface area contributed by atoms with Gasteiger partial charge in [0.2, 0.25) is 5.78 Å². The first-order valence-corrected chi connectivity index (χ1v) is 3.70. The lowest BCUT2D eigenvalue weighted by atomic mass is 10.0. The molecule has 0 aromatic heterocycles. The molecule has 0 heterocycles. The number of carbonyl (C=O) groups excluding carboxylic acids is 2. The summed E-state index contributed by atoms with van der Waals surface area (Å²) in [5.74, 6) is -1.60. The molecule has 0 radical (unpaired) electrons. The Morgan fingerprint density at radius 3 is 2.14 bits per heavy atom. The summed E-state index contributed by atoms with van der Waals surface area (Å²) in [6, 6.07) is 0. The quantitative estimate of drug-likeness (QED) is 0.223. The number of hydrogen-bond donors (Lipinski definition) is 5. The molecule has 0 aromatic rings. The minimum Gasteiger partial charge on any atom is -0.394 e. The Balaban J connectivity index is 4.50. The molecule has 0 rings (SSSR count).